The highest BCUT2D eigenvalue weighted by Gasteiger charge is 2.24. The molecule has 2 nitrogen and oxygen atoms in total. The Morgan fingerprint density at radius 2 is 2.38 bits per heavy atom. The molecule has 2 atom stereocenters. The molecular formula is C14H19NO. The first-order valence-corrected chi connectivity index (χ1v) is 6.17. The Balaban J connectivity index is 1.93. The highest BCUT2D eigenvalue weighted by Crippen LogP contribution is 2.29. The molecule has 2 unspecified atom stereocenters. The fraction of sp³-hybridized carbons (Fsp3) is 0.571. The average Bonchev–Trinajstić information content (AvgIpc) is 2.30. The monoisotopic (exact) mass is 217 g/mol. The lowest BCUT2D eigenvalue weighted by molar-refractivity contribution is -0.123. The Morgan fingerprint density at radius 1 is 1.50 bits per heavy atom. The molecule has 0 saturated heterocycles. The molecule has 0 amide bonds. The molecule has 1 aromatic rings. The van der Waals surface area contributed by atoms with Crippen molar-refractivity contribution in [2.45, 2.75) is 39.0 Å². The van der Waals surface area contributed by atoms with Gasteiger partial charge in [-0.25, -0.2) is 0 Å². The summed E-state index contributed by atoms with van der Waals surface area (Å²) in [6.07, 6.45) is 8.77. The topological polar surface area (TPSA) is 30.0 Å². The van der Waals surface area contributed by atoms with Gasteiger partial charge < -0.3 is 0 Å². The van der Waals surface area contributed by atoms with Crippen LogP contribution in [0.3, 0.4) is 0 Å². The number of carbonyl (C=O) groups is 1. The van der Waals surface area contributed by atoms with E-state index in [2.05, 4.69) is 11.9 Å². The van der Waals surface area contributed by atoms with Gasteiger partial charge in [0.15, 0.2) is 0 Å². The lowest BCUT2D eigenvalue weighted by Gasteiger charge is -2.25. The quantitative estimate of drug-likeness (QED) is 0.779. The van der Waals surface area contributed by atoms with Crippen LogP contribution in [0.25, 0.3) is 0 Å². The maximum absolute atomic E-state index is 12.1. The number of hydrogen-bond acceptors (Lipinski definition) is 2. The molecule has 1 aromatic heterocycles. The van der Waals surface area contributed by atoms with Gasteiger partial charge in [-0.2, -0.15) is 0 Å². The number of carbonyl (C=O) groups excluding carboxylic acids is 1. The zero-order chi connectivity index (χ0) is 11.4. The highest BCUT2D eigenvalue weighted by molar-refractivity contribution is 5.83. The number of nitrogens with zero attached hydrogens (tertiary/aromatic N) is 1. The first-order valence-electron chi connectivity index (χ1n) is 6.17. The summed E-state index contributed by atoms with van der Waals surface area (Å²) in [5, 5.41) is 0. The van der Waals surface area contributed by atoms with E-state index in [1.807, 2.05) is 12.1 Å². The fourth-order valence-electron chi connectivity index (χ4n) is 2.57. The van der Waals surface area contributed by atoms with E-state index in [0.717, 1.165) is 24.3 Å². The molecule has 1 aliphatic carbocycles. The van der Waals surface area contributed by atoms with Crippen molar-refractivity contribution in [2.24, 2.45) is 11.8 Å². The number of Topliss-reactive ketones (excluding diaryl/α,β-unsaturated/α-hetero) is 1. The molecule has 1 aliphatic rings. The van der Waals surface area contributed by atoms with Crippen LogP contribution in [0.4, 0.5) is 0 Å². The largest absolute Gasteiger partial charge is 0.299 e. The second-order valence-corrected chi connectivity index (χ2v) is 4.97. The summed E-state index contributed by atoms with van der Waals surface area (Å²) < 4.78 is 0. The van der Waals surface area contributed by atoms with E-state index in [1.165, 1.54) is 12.8 Å². The number of hydrogen-bond donors (Lipinski definition) is 0. The van der Waals surface area contributed by atoms with Crippen LogP contribution in [0.1, 0.15) is 38.2 Å². The summed E-state index contributed by atoms with van der Waals surface area (Å²) in [5.74, 6) is 1.42. The van der Waals surface area contributed by atoms with Gasteiger partial charge in [0.1, 0.15) is 5.78 Å². The van der Waals surface area contributed by atoms with Crippen LogP contribution in [0.15, 0.2) is 24.5 Å². The fourth-order valence-corrected chi connectivity index (χ4v) is 2.57. The number of pyridine rings is 1. The maximum atomic E-state index is 12.1. The lowest BCUT2D eigenvalue weighted by Crippen LogP contribution is -2.23. The normalized spacial score (nSPS) is 25.3. The second kappa shape index (κ2) is 5.24. The van der Waals surface area contributed by atoms with Crippen LogP contribution in [0, 0.1) is 11.8 Å². The third kappa shape index (κ3) is 2.91. The van der Waals surface area contributed by atoms with E-state index < -0.39 is 0 Å². The van der Waals surface area contributed by atoms with Crippen molar-refractivity contribution in [3.63, 3.8) is 0 Å². The van der Waals surface area contributed by atoms with Gasteiger partial charge in [0.2, 0.25) is 0 Å². The van der Waals surface area contributed by atoms with Crippen molar-refractivity contribution in [1.29, 1.82) is 0 Å². The molecule has 0 radical (unpaired) electrons. The Labute approximate surface area is 97.1 Å². The highest BCUT2D eigenvalue weighted by atomic mass is 16.1. The molecule has 0 spiro atoms. The second-order valence-electron chi connectivity index (χ2n) is 4.97. The molecule has 86 valence electrons. The van der Waals surface area contributed by atoms with Gasteiger partial charge in [-0.05, 0) is 30.4 Å². The Hall–Kier alpha value is -1.18. The van der Waals surface area contributed by atoms with Gasteiger partial charge in [0.05, 0.1) is 0 Å². The molecule has 2 heteroatoms. The summed E-state index contributed by atoms with van der Waals surface area (Å²) in [7, 11) is 0. The van der Waals surface area contributed by atoms with Gasteiger partial charge in [0.25, 0.3) is 0 Å². The first-order chi connectivity index (χ1) is 7.75. The minimum Gasteiger partial charge on any atom is -0.299 e. The summed E-state index contributed by atoms with van der Waals surface area (Å²) in [6.45, 7) is 2.25. The van der Waals surface area contributed by atoms with Crippen LogP contribution in [-0.4, -0.2) is 10.8 Å². The number of rotatable bonds is 3. The lowest BCUT2D eigenvalue weighted by atomic mass is 9.79. The van der Waals surface area contributed by atoms with Crippen molar-refractivity contribution in [3.8, 4) is 0 Å². The van der Waals surface area contributed by atoms with E-state index in [1.54, 1.807) is 12.4 Å². The van der Waals surface area contributed by atoms with Gasteiger partial charge >= 0.3 is 0 Å². The van der Waals surface area contributed by atoms with E-state index in [4.69, 9.17) is 0 Å². The SMILES string of the molecule is CC1CCCC(C(=O)Cc2cccnc2)C1. The van der Waals surface area contributed by atoms with Gasteiger partial charge in [-0.3, -0.25) is 9.78 Å². The zero-order valence-electron chi connectivity index (χ0n) is 9.86. The van der Waals surface area contributed by atoms with Crippen LogP contribution >= 0.6 is 0 Å². The average molecular weight is 217 g/mol. The zero-order valence-corrected chi connectivity index (χ0v) is 9.86. The first kappa shape index (κ1) is 11.3. The van der Waals surface area contributed by atoms with E-state index in [-0.39, 0.29) is 0 Å². The molecule has 1 fully saturated rings. The predicted molar refractivity (Wildman–Crippen MR) is 64.1 cm³/mol. The summed E-state index contributed by atoms with van der Waals surface area (Å²) in [4.78, 5) is 16.1. The van der Waals surface area contributed by atoms with Gasteiger partial charge in [0, 0.05) is 24.7 Å². The standard InChI is InChI=1S/C14H19NO/c1-11-4-2-6-13(8-11)14(16)9-12-5-3-7-15-10-12/h3,5,7,10-11,13H,2,4,6,8-9H2,1H3. The Morgan fingerprint density at radius 3 is 3.06 bits per heavy atom. The van der Waals surface area contributed by atoms with E-state index >= 15 is 0 Å². The minimum absolute atomic E-state index is 0.295. The Kier molecular flexibility index (Phi) is 3.70. The molecular weight excluding hydrogens is 198 g/mol. The third-order valence-electron chi connectivity index (χ3n) is 3.49. The van der Waals surface area contributed by atoms with Crippen LogP contribution < -0.4 is 0 Å². The summed E-state index contributed by atoms with van der Waals surface area (Å²) in [6, 6.07) is 3.88. The van der Waals surface area contributed by atoms with Gasteiger partial charge in [-0.1, -0.05) is 25.8 Å². The van der Waals surface area contributed by atoms with Crippen molar-refractivity contribution >= 4 is 5.78 Å². The van der Waals surface area contributed by atoms with Crippen molar-refractivity contribution in [1.82, 2.24) is 4.98 Å². The van der Waals surface area contributed by atoms with Crippen molar-refractivity contribution in [3.05, 3.63) is 30.1 Å². The number of ketones is 1. The molecule has 2 rings (SSSR count). The molecule has 0 aliphatic heterocycles. The summed E-state index contributed by atoms with van der Waals surface area (Å²) >= 11 is 0. The molecule has 16 heavy (non-hydrogen) atoms. The maximum Gasteiger partial charge on any atom is 0.140 e. The smallest absolute Gasteiger partial charge is 0.140 e. The predicted octanol–water partition coefficient (Wildman–Crippen LogP) is 3.02. The van der Waals surface area contributed by atoms with Gasteiger partial charge in [-0.15, -0.1) is 0 Å². The molecule has 0 bridgehead atoms. The minimum atomic E-state index is 0.295. The van der Waals surface area contributed by atoms with Crippen LogP contribution in [-0.2, 0) is 11.2 Å². The van der Waals surface area contributed by atoms with Crippen molar-refractivity contribution < 1.29 is 4.79 Å². The van der Waals surface area contributed by atoms with E-state index in [9.17, 15) is 4.79 Å². The van der Waals surface area contributed by atoms with Crippen LogP contribution in [0.5, 0.6) is 0 Å². The summed E-state index contributed by atoms with van der Waals surface area (Å²) in [5.41, 5.74) is 1.05. The van der Waals surface area contributed by atoms with Crippen molar-refractivity contribution in [2.75, 3.05) is 0 Å². The van der Waals surface area contributed by atoms with Crippen LogP contribution in [0.2, 0.25) is 0 Å². The van der Waals surface area contributed by atoms with E-state index in [0.29, 0.717) is 18.1 Å². The molecule has 0 aromatic carbocycles. The molecule has 1 saturated carbocycles. The number of aromatic nitrogens is 1. The molecule has 1 heterocycles. The third-order valence-corrected chi connectivity index (χ3v) is 3.49. The Bertz CT molecular complexity index is 347. The molecule has 0 N–H and O–H groups in total.